The third-order valence-corrected chi connectivity index (χ3v) is 3.81. The zero-order chi connectivity index (χ0) is 14.7. The topological polar surface area (TPSA) is 29.0 Å². The second-order valence-corrected chi connectivity index (χ2v) is 4.96. The summed E-state index contributed by atoms with van der Waals surface area (Å²) in [4.78, 5) is 11.1. The molecule has 0 aliphatic heterocycles. The largest absolute Gasteiger partial charge is 0.372 e. The molecule has 2 aromatic carbocycles. The number of nitrogens with zero attached hydrogens (tertiary/aromatic N) is 3. The second kappa shape index (κ2) is 5.92. The van der Waals surface area contributed by atoms with Crippen LogP contribution in [0.1, 0.15) is 13.8 Å². The number of fused-ring (bicyclic) bond motifs is 1. The van der Waals surface area contributed by atoms with Gasteiger partial charge >= 0.3 is 0 Å². The summed E-state index contributed by atoms with van der Waals surface area (Å²) in [7, 11) is 0. The van der Waals surface area contributed by atoms with E-state index in [2.05, 4.69) is 59.0 Å². The predicted molar refractivity (Wildman–Crippen MR) is 88.5 cm³/mol. The van der Waals surface area contributed by atoms with Crippen LogP contribution in [0.4, 0.5) is 5.69 Å². The molecule has 0 unspecified atom stereocenters. The van der Waals surface area contributed by atoms with Crippen LogP contribution in [0, 0.1) is 0 Å². The van der Waals surface area contributed by atoms with Crippen LogP contribution < -0.4 is 4.90 Å². The Labute approximate surface area is 125 Å². The Bertz CT molecular complexity index is 726. The van der Waals surface area contributed by atoms with Gasteiger partial charge in [0, 0.05) is 29.7 Å². The van der Waals surface area contributed by atoms with Crippen molar-refractivity contribution in [3.8, 4) is 11.3 Å². The molecule has 3 heteroatoms. The molecule has 0 radical (unpaired) electrons. The first-order valence-electron chi connectivity index (χ1n) is 7.38. The van der Waals surface area contributed by atoms with E-state index in [9.17, 15) is 0 Å². The van der Waals surface area contributed by atoms with Gasteiger partial charge in [0.1, 0.15) is 6.33 Å². The van der Waals surface area contributed by atoms with Gasteiger partial charge in [-0.05, 0) is 32.0 Å². The van der Waals surface area contributed by atoms with E-state index in [-0.39, 0.29) is 0 Å². The molecule has 3 nitrogen and oxygen atoms in total. The van der Waals surface area contributed by atoms with Crippen molar-refractivity contribution in [2.75, 3.05) is 18.0 Å². The van der Waals surface area contributed by atoms with Gasteiger partial charge < -0.3 is 4.90 Å². The molecule has 0 spiro atoms. The first kappa shape index (κ1) is 13.6. The smallest absolute Gasteiger partial charge is 0.116 e. The summed E-state index contributed by atoms with van der Waals surface area (Å²) >= 11 is 0. The lowest BCUT2D eigenvalue weighted by Crippen LogP contribution is -2.21. The average molecular weight is 277 g/mol. The van der Waals surface area contributed by atoms with Crippen molar-refractivity contribution in [1.29, 1.82) is 0 Å². The molecule has 0 N–H and O–H groups in total. The number of aromatic nitrogens is 2. The Morgan fingerprint density at radius 3 is 2.29 bits per heavy atom. The minimum absolute atomic E-state index is 0.982. The Hall–Kier alpha value is -2.42. The van der Waals surface area contributed by atoms with Crippen molar-refractivity contribution in [1.82, 2.24) is 9.97 Å². The van der Waals surface area contributed by atoms with Gasteiger partial charge in [0.15, 0.2) is 0 Å². The van der Waals surface area contributed by atoms with Gasteiger partial charge in [-0.3, -0.25) is 0 Å². The zero-order valence-corrected chi connectivity index (χ0v) is 12.5. The Kier molecular flexibility index (Phi) is 3.82. The van der Waals surface area contributed by atoms with Crippen LogP contribution in [0.3, 0.4) is 0 Å². The molecule has 1 aromatic heterocycles. The van der Waals surface area contributed by atoms with Crippen LogP contribution in [0.2, 0.25) is 0 Å². The minimum Gasteiger partial charge on any atom is -0.372 e. The third kappa shape index (κ3) is 2.59. The van der Waals surface area contributed by atoms with Crippen LogP contribution in [0.5, 0.6) is 0 Å². The van der Waals surface area contributed by atoms with Crippen molar-refractivity contribution in [3.63, 3.8) is 0 Å². The summed E-state index contributed by atoms with van der Waals surface area (Å²) in [5.41, 5.74) is 4.36. The fourth-order valence-electron chi connectivity index (χ4n) is 2.65. The van der Waals surface area contributed by atoms with E-state index in [4.69, 9.17) is 0 Å². The molecule has 0 aliphatic carbocycles. The Morgan fingerprint density at radius 2 is 1.57 bits per heavy atom. The number of rotatable bonds is 4. The quantitative estimate of drug-likeness (QED) is 0.717. The number of hydrogen-bond acceptors (Lipinski definition) is 3. The minimum atomic E-state index is 0.982. The van der Waals surface area contributed by atoms with Crippen LogP contribution in [0.25, 0.3) is 22.2 Å². The molecule has 106 valence electrons. The van der Waals surface area contributed by atoms with Crippen LogP contribution in [-0.4, -0.2) is 23.1 Å². The average Bonchev–Trinajstić information content (AvgIpc) is 2.56. The summed E-state index contributed by atoms with van der Waals surface area (Å²) in [5.74, 6) is 0. The molecule has 0 saturated heterocycles. The fraction of sp³-hybridized carbons (Fsp3) is 0.222. The molecule has 3 aromatic rings. The third-order valence-electron chi connectivity index (χ3n) is 3.81. The standard InChI is InChI=1S/C18H19N3/c1-3-21(4-2)15-11-9-14(10-12-15)18-16-7-5-6-8-17(16)19-13-20-18/h5-13H,3-4H2,1-2H3. The molecular formula is C18H19N3. The van der Waals surface area contributed by atoms with E-state index in [0.717, 1.165) is 35.2 Å². The number of para-hydroxylation sites is 1. The van der Waals surface area contributed by atoms with Crippen molar-refractivity contribution >= 4 is 16.6 Å². The van der Waals surface area contributed by atoms with E-state index in [0.29, 0.717) is 0 Å². The second-order valence-electron chi connectivity index (χ2n) is 4.96. The lowest BCUT2D eigenvalue weighted by molar-refractivity contribution is 0.866. The first-order valence-corrected chi connectivity index (χ1v) is 7.38. The maximum absolute atomic E-state index is 4.47. The SMILES string of the molecule is CCN(CC)c1ccc(-c2ncnc3ccccc23)cc1. The first-order chi connectivity index (χ1) is 10.3. The van der Waals surface area contributed by atoms with E-state index in [1.54, 1.807) is 6.33 Å². The van der Waals surface area contributed by atoms with E-state index in [1.807, 2.05) is 18.2 Å². The van der Waals surface area contributed by atoms with Crippen LogP contribution >= 0.6 is 0 Å². The number of anilines is 1. The molecule has 1 heterocycles. The molecular weight excluding hydrogens is 258 g/mol. The van der Waals surface area contributed by atoms with Crippen LogP contribution in [0.15, 0.2) is 54.9 Å². The van der Waals surface area contributed by atoms with Crippen molar-refractivity contribution < 1.29 is 0 Å². The maximum atomic E-state index is 4.47. The molecule has 0 amide bonds. The molecule has 0 atom stereocenters. The lowest BCUT2D eigenvalue weighted by Gasteiger charge is -2.21. The predicted octanol–water partition coefficient (Wildman–Crippen LogP) is 4.14. The van der Waals surface area contributed by atoms with E-state index >= 15 is 0 Å². The molecule has 21 heavy (non-hydrogen) atoms. The molecule has 3 rings (SSSR count). The highest BCUT2D eigenvalue weighted by molar-refractivity contribution is 5.92. The van der Waals surface area contributed by atoms with Gasteiger partial charge in [-0.1, -0.05) is 30.3 Å². The summed E-state index contributed by atoms with van der Waals surface area (Å²) in [5, 5.41) is 1.09. The summed E-state index contributed by atoms with van der Waals surface area (Å²) in [6, 6.07) is 16.7. The maximum Gasteiger partial charge on any atom is 0.116 e. The van der Waals surface area contributed by atoms with Gasteiger partial charge in [0.05, 0.1) is 11.2 Å². The highest BCUT2D eigenvalue weighted by Gasteiger charge is 2.07. The molecule has 0 aliphatic rings. The normalized spacial score (nSPS) is 10.8. The highest BCUT2D eigenvalue weighted by Crippen LogP contribution is 2.27. The van der Waals surface area contributed by atoms with E-state index in [1.165, 1.54) is 5.69 Å². The van der Waals surface area contributed by atoms with Crippen molar-refractivity contribution in [3.05, 3.63) is 54.9 Å². The van der Waals surface area contributed by atoms with Crippen molar-refractivity contribution in [2.24, 2.45) is 0 Å². The van der Waals surface area contributed by atoms with Gasteiger partial charge in [0.2, 0.25) is 0 Å². The van der Waals surface area contributed by atoms with E-state index < -0.39 is 0 Å². The Balaban J connectivity index is 2.03. The van der Waals surface area contributed by atoms with Crippen LogP contribution in [-0.2, 0) is 0 Å². The Morgan fingerprint density at radius 1 is 0.857 bits per heavy atom. The van der Waals surface area contributed by atoms with Crippen molar-refractivity contribution in [2.45, 2.75) is 13.8 Å². The monoisotopic (exact) mass is 277 g/mol. The number of hydrogen-bond donors (Lipinski definition) is 0. The van der Waals surface area contributed by atoms with Gasteiger partial charge in [-0.25, -0.2) is 9.97 Å². The fourth-order valence-corrected chi connectivity index (χ4v) is 2.65. The molecule has 0 fully saturated rings. The molecule has 0 bridgehead atoms. The zero-order valence-electron chi connectivity index (χ0n) is 12.5. The summed E-state index contributed by atoms with van der Waals surface area (Å²) in [6.07, 6.45) is 1.63. The highest BCUT2D eigenvalue weighted by atomic mass is 15.1. The van der Waals surface area contributed by atoms with Gasteiger partial charge in [-0.15, -0.1) is 0 Å². The van der Waals surface area contributed by atoms with Gasteiger partial charge in [0.25, 0.3) is 0 Å². The summed E-state index contributed by atoms with van der Waals surface area (Å²) in [6.45, 7) is 6.39. The molecule has 0 saturated carbocycles. The van der Waals surface area contributed by atoms with Gasteiger partial charge in [-0.2, -0.15) is 0 Å². The summed E-state index contributed by atoms with van der Waals surface area (Å²) < 4.78 is 0. The lowest BCUT2D eigenvalue weighted by atomic mass is 10.1. The number of benzene rings is 2.